The summed E-state index contributed by atoms with van der Waals surface area (Å²) < 4.78 is 5.27. The summed E-state index contributed by atoms with van der Waals surface area (Å²) in [5, 5.41) is 9.00. The SMILES string of the molecule is Cc1ccc(N2CCN(C(=O)c3cc4ccccc4oc3=O)CC2)nn1. The fourth-order valence-electron chi connectivity index (χ4n) is 3.08. The lowest BCUT2D eigenvalue weighted by atomic mass is 10.1. The maximum Gasteiger partial charge on any atom is 0.349 e. The van der Waals surface area contributed by atoms with Gasteiger partial charge in [-0.3, -0.25) is 4.79 Å². The van der Waals surface area contributed by atoms with Crippen LogP contribution >= 0.6 is 0 Å². The fraction of sp³-hybridized carbons (Fsp3) is 0.263. The van der Waals surface area contributed by atoms with Gasteiger partial charge in [-0.1, -0.05) is 18.2 Å². The number of aryl methyl sites for hydroxylation is 1. The van der Waals surface area contributed by atoms with Crippen molar-refractivity contribution in [3.05, 3.63) is 64.1 Å². The Kier molecular flexibility index (Phi) is 4.12. The highest BCUT2D eigenvalue weighted by Crippen LogP contribution is 2.16. The van der Waals surface area contributed by atoms with Crippen LogP contribution in [0.5, 0.6) is 0 Å². The Balaban J connectivity index is 1.51. The summed E-state index contributed by atoms with van der Waals surface area (Å²) in [7, 11) is 0. The molecule has 0 unspecified atom stereocenters. The molecule has 0 radical (unpaired) electrons. The second-order valence-electron chi connectivity index (χ2n) is 6.30. The van der Waals surface area contributed by atoms with Gasteiger partial charge in [0.1, 0.15) is 11.1 Å². The third kappa shape index (κ3) is 3.03. The molecule has 1 fully saturated rings. The van der Waals surface area contributed by atoms with Crippen molar-refractivity contribution in [2.45, 2.75) is 6.92 Å². The molecule has 1 aromatic carbocycles. The van der Waals surface area contributed by atoms with E-state index in [4.69, 9.17) is 4.42 Å². The maximum absolute atomic E-state index is 12.8. The average molecular weight is 350 g/mol. The second-order valence-corrected chi connectivity index (χ2v) is 6.30. The minimum Gasteiger partial charge on any atom is -0.422 e. The van der Waals surface area contributed by atoms with Gasteiger partial charge in [-0.25, -0.2) is 4.79 Å². The fourth-order valence-corrected chi connectivity index (χ4v) is 3.08. The topological polar surface area (TPSA) is 79.5 Å². The highest BCUT2D eigenvalue weighted by molar-refractivity contribution is 5.96. The van der Waals surface area contributed by atoms with Crippen molar-refractivity contribution in [3.8, 4) is 0 Å². The molecule has 7 heteroatoms. The van der Waals surface area contributed by atoms with Crippen LogP contribution in [0.25, 0.3) is 11.0 Å². The third-order valence-corrected chi connectivity index (χ3v) is 4.55. The number of nitrogens with zero attached hydrogens (tertiary/aromatic N) is 4. The van der Waals surface area contributed by atoms with Crippen LogP contribution < -0.4 is 10.5 Å². The summed E-state index contributed by atoms with van der Waals surface area (Å²) in [5.74, 6) is 0.507. The Labute approximate surface area is 149 Å². The number of para-hydroxylation sites is 1. The van der Waals surface area contributed by atoms with Crippen LogP contribution in [-0.4, -0.2) is 47.2 Å². The molecular formula is C19H18N4O3. The van der Waals surface area contributed by atoms with Crippen molar-refractivity contribution < 1.29 is 9.21 Å². The summed E-state index contributed by atoms with van der Waals surface area (Å²) in [6.07, 6.45) is 0. The standard InChI is InChI=1S/C19H18N4O3/c1-13-6-7-17(21-20-13)22-8-10-23(11-9-22)18(24)15-12-14-4-2-3-5-16(14)26-19(15)25/h2-7,12H,8-11H2,1H3. The number of aromatic nitrogens is 2. The molecule has 0 N–H and O–H groups in total. The highest BCUT2D eigenvalue weighted by Gasteiger charge is 2.25. The van der Waals surface area contributed by atoms with Crippen LogP contribution in [0.4, 0.5) is 5.82 Å². The largest absolute Gasteiger partial charge is 0.422 e. The van der Waals surface area contributed by atoms with E-state index in [0.29, 0.717) is 31.8 Å². The normalized spacial score (nSPS) is 14.7. The molecule has 2 aromatic heterocycles. The van der Waals surface area contributed by atoms with Gasteiger partial charge in [-0.15, -0.1) is 5.10 Å². The van der Waals surface area contributed by atoms with E-state index < -0.39 is 5.63 Å². The van der Waals surface area contributed by atoms with E-state index in [-0.39, 0.29) is 11.5 Å². The van der Waals surface area contributed by atoms with Gasteiger partial charge in [-0.2, -0.15) is 5.10 Å². The number of fused-ring (bicyclic) bond motifs is 1. The monoisotopic (exact) mass is 350 g/mol. The number of carbonyl (C=O) groups excluding carboxylic acids is 1. The first-order valence-electron chi connectivity index (χ1n) is 8.49. The minimum atomic E-state index is -0.597. The molecule has 1 aliphatic rings. The number of carbonyl (C=O) groups is 1. The number of benzene rings is 1. The number of piperazine rings is 1. The van der Waals surface area contributed by atoms with E-state index in [0.717, 1.165) is 16.9 Å². The lowest BCUT2D eigenvalue weighted by Gasteiger charge is -2.35. The summed E-state index contributed by atoms with van der Waals surface area (Å²) in [6, 6.07) is 12.6. The van der Waals surface area contributed by atoms with Crippen LogP contribution in [0.2, 0.25) is 0 Å². The molecule has 26 heavy (non-hydrogen) atoms. The Bertz CT molecular complexity index is 1010. The Morgan fingerprint density at radius 2 is 1.81 bits per heavy atom. The highest BCUT2D eigenvalue weighted by atomic mass is 16.4. The molecule has 3 aromatic rings. The molecule has 0 bridgehead atoms. The summed E-state index contributed by atoms with van der Waals surface area (Å²) >= 11 is 0. The first-order valence-corrected chi connectivity index (χ1v) is 8.49. The Hall–Kier alpha value is -3.22. The van der Waals surface area contributed by atoms with Crippen LogP contribution in [0, 0.1) is 6.92 Å². The van der Waals surface area contributed by atoms with Gasteiger partial charge in [0.2, 0.25) is 0 Å². The summed E-state index contributed by atoms with van der Waals surface area (Å²) in [4.78, 5) is 28.7. The summed E-state index contributed by atoms with van der Waals surface area (Å²) in [6.45, 7) is 4.20. The van der Waals surface area contributed by atoms with E-state index in [1.165, 1.54) is 0 Å². The second kappa shape index (κ2) is 6.59. The molecule has 1 aliphatic heterocycles. The zero-order valence-electron chi connectivity index (χ0n) is 14.4. The summed E-state index contributed by atoms with van der Waals surface area (Å²) in [5.41, 5.74) is 0.829. The molecule has 3 heterocycles. The smallest absolute Gasteiger partial charge is 0.349 e. The molecule has 0 aliphatic carbocycles. The first kappa shape index (κ1) is 16.3. The molecule has 0 saturated carbocycles. The molecule has 0 spiro atoms. The Morgan fingerprint density at radius 1 is 1.04 bits per heavy atom. The number of rotatable bonds is 2. The van der Waals surface area contributed by atoms with Crippen molar-refractivity contribution in [2.75, 3.05) is 31.1 Å². The zero-order valence-corrected chi connectivity index (χ0v) is 14.4. The van der Waals surface area contributed by atoms with E-state index in [1.807, 2.05) is 31.2 Å². The van der Waals surface area contributed by atoms with Gasteiger partial charge in [0.15, 0.2) is 5.82 Å². The van der Waals surface area contributed by atoms with E-state index >= 15 is 0 Å². The van der Waals surface area contributed by atoms with E-state index in [1.54, 1.807) is 23.1 Å². The van der Waals surface area contributed by atoms with Crippen LogP contribution in [0.15, 0.2) is 51.7 Å². The van der Waals surface area contributed by atoms with Crippen molar-refractivity contribution in [3.63, 3.8) is 0 Å². The minimum absolute atomic E-state index is 0.0762. The van der Waals surface area contributed by atoms with E-state index in [9.17, 15) is 9.59 Å². The van der Waals surface area contributed by atoms with Crippen molar-refractivity contribution in [1.82, 2.24) is 15.1 Å². The van der Waals surface area contributed by atoms with Crippen LogP contribution in [0.1, 0.15) is 16.1 Å². The number of amides is 1. The number of hydrogen-bond acceptors (Lipinski definition) is 6. The molecule has 4 rings (SSSR count). The Morgan fingerprint density at radius 3 is 2.54 bits per heavy atom. The predicted molar refractivity (Wildman–Crippen MR) is 97.4 cm³/mol. The average Bonchev–Trinajstić information content (AvgIpc) is 2.68. The van der Waals surface area contributed by atoms with Gasteiger partial charge >= 0.3 is 5.63 Å². The van der Waals surface area contributed by atoms with Gasteiger partial charge in [-0.05, 0) is 31.2 Å². The molecule has 7 nitrogen and oxygen atoms in total. The van der Waals surface area contributed by atoms with Gasteiger partial charge < -0.3 is 14.2 Å². The predicted octanol–water partition coefficient (Wildman–Crippen LogP) is 1.85. The van der Waals surface area contributed by atoms with Crippen molar-refractivity contribution >= 4 is 22.7 Å². The molecule has 0 atom stereocenters. The maximum atomic E-state index is 12.8. The molecule has 1 saturated heterocycles. The number of hydrogen-bond donors (Lipinski definition) is 0. The quantitative estimate of drug-likeness (QED) is 0.656. The third-order valence-electron chi connectivity index (χ3n) is 4.55. The first-order chi connectivity index (χ1) is 12.6. The van der Waals surface area contributed by atoms with Crippen LogP contribution in [0.3, 0.4) is 0 Å². The molecule has 132 valence electrons. The van der Waals surface area contributed by atoms with Crippen molar-refractivity contribution in [2.24, 2.45) is 0 Å². The van der Waals surface area contributed by atoms with Gasteiger partial charge in [0.05, 0.1) is 5.69 Å². The van der Waals surface area contributed by atoms with Gasteiger partial charge in [0, 0.05) is 31.6 Å². The van der Waals surface area contributed by atoms with E-state index in [2.05, 4.69) is 15.1 Å². The lowest BCUT2D eigenvalue weighted by molar-refractivity contribution is 0.0742. The number of anilines is 1. The molecular weight excluding hydrogens is 332 g/mol. The van der Waals surface area contributed by atoms with Crippen LogP contribution in [-0.2, 0) is 0 Å². The van der Waals surface area contributed by atoms with Crippen molar-refractivity contribution in [1.29, 1.82) is 0 Å². The zero-order chi connectivity index (χ0) is 18.1. The molecule has 1 amide bonds. The lowest BCUT2D eigenvalue weighted by Crippen LogP contribution is -2.49. The van der Waals surface area contributed by atoms with Gasteiger partial charge in [0.25, 0.3) is 5.91 Å².